The molecule has 6 heteroatoms. The quantitative estimate of drug-likeness (QED) is 0.864. The van der Waals surface area contributed by atoms with Gasteiger partial charge in [-0.25, -0.2) is 4.39 Å². The minimum absolute atomic E-state index is 0.288. The molecule has 1 aromatic carbocycles. The second-order valence-electron chi connectivity index (χ2n) is 4.31. The van der Waals surface area contributed by atoms with Gasteiger partial charge < -0.3 is 10.1 Å². The molecule has 0 saturated heterocycles. The van der Waals surface area contributed by atoms with E-state index in [0.29, 0.717) is 23.2 Å². The van der Waals surface area contributed by atoms with Crippen molar-refractivity contribution in [3.63, 3.8) is 0 Å². The molecule has 0 unspecified atom stereocenters. The summed E-state index contributed by atoms with van der Waals surface area (Å²) in [6, 6.07) is 4.03. The Labute approximate surface area is 118 Å². The first-order chi connectivity index (χ1) is 9.02. The van der Waals surface area contributed by atoms with Crippen LogP contribution in [-0.4, -0.2) is 18.5 Å². The summed E-state index contributed by atoms with van der Waals surface area (Å²) in [6.45, 7) is 2.03. The van der Waals surface area contributed by atoms with Crippen LogP contribution in [0.25, 0.3) is 0 Å². The molecular weight excluding hydrogens is 317 g/mol. The highest BCUT2D eigenvalue weighted by Gasteiger charge is 2.49. The fourth-order valence-corrected chi connectivity index (χ4v) is 2.16. The molecule has 2 atom stereocenters. The number of carbonyl (C=O) groups is 2. The summed E-state index contributed by atoms with van der Waals surface area (Å²) in [6.07, 6.45) is 0.484. The van der Waals surface area contributed by atoms with Gasteiger partial charge in [-0.05, 0) is 47.5 Å². The van der Waals surface area contributed by atoms with E-state index >= 15 is 0 Å². The Morgan fingerprint density at radius 3 is 2.89 bits per heavy atom. The molecule has 2 rings (SSSR count). The molecule has 0 aromatic heterocycles. The maximum atomic E-state index is 13.1. The number of nitrogens with one attached hydrogen (secondary N) is 1. The molecular formula is C13H13BrFNO3. The topological polar surface area (TPSA) is 55.4 Å². The molecule has 1 fully saturated rings. The number of benzene rings is 1. The van der Waals surface area contributed by atoms with E-state index in [1.165, 1.54) is 18.2 Å². The number of anilines is 1. The Bertz CT molecular complexity index is 521. The van der Waals surface area contributed by atoms with Crippen LogP contribution in [0, 0.1) is 17.7 Å². The second-order valence-corrected chi connectivity index (χ2v) is 5.17. The molecule has 1 N–H and O–H groups in total. The first-order valence-corrected chi connectivity index (χ1v) is 6.74. The van der Waals surface area contributed by atoms with Gasteiger partial charge in [-0.3, -0.25) is 9.59 Å². The summed E-state index contributed by atoms with van der Waals surface area (Å²) in [7, 11) is 0. The molecule has 1 aromatic rings. The summed E-state index contributed by atoms with van der Waals surface area (Å²) in [4.78, 5) is 23.3. The van der Waals surface area contributed by atoms with Gasteiger partial charge in [0.2, 0.25) is 5.91 Å². The molecule has 1 amide bonds. The highest BCUT2D eigenvalue weighted by atomic mass is 79.9. The highest BCUT2D eigenvalue weighted by Crippen LogP contribution is 2.40. The van der Waals surface area contributed by atoms with Gasteiger partial charge >= 0.3 is 5.97 Å². The lowest BCUT2D eigenvalue weighted by Crippen LogP contribution is -2.18. The van der Waals surface area contributed by atoms with Crippen molar-refractivity contribution in [1.29, 1.82) is 0 Å². The Morgan fingerprint density at radius 1 is 1.47 bits per heavy atom. The van der Waals surface area contributed by atoms with E-state index in [0.717, 1.165) is 0 Å². The summed E-state index contributed by atoms with van der Waals surface area (Å²) >= 11 is 3.22. The first kappa shape index (κ1) is 14.0. The number of rotatable bonds is 4. The van der Waals surface area contributed by atoms with E-state index in [1.54, 1.807) is 6.92 Å². The summed E-state index contributed by atoms with van der Waals surface area (Å²) in [5.74, 6) is -1.82. The summed E-state index contributed by atoms with van der Waals surface area (Å²) in [5.41, 5.74) is 0.361. The Hall–Kier alpha value is -1.43. The Kier molecular flexibility index (Phi) is 4.19. The van der Waals surface area contributed by atoms with Gasteiger partial charge in [0.25, 0.3) is 0 Å². The van der Waals surface area contributed by atoms with Crippen molar-refractivity contribution in [2.24, 2.45) is 11.8 Å². The lowest BCUT2D eigenvalue weighted by molar-refractivity contribution is -0.145. The zero-order valence-corrected chi connectivity index (χ0v) is 11.9. The molecule has 1 aliphatic carbocycles. The fourth-order valence-electron chi connectivity index (χ4n) is 1.81. The van der Waals surface area contributed by atoms with E-state index in [4.69, 9.17) is 4.74 Å². The number of hydrogen-bond acceptors (Lipinski definition) is 3. The van der Waals surface area contributed by atoms with Crippen LogP contribution in [0.1, 0.15) is 13.3 Å². The lowest BCUT2D eigenvalue weighted by atomic mass is 10.2. The van der Waals surface area contributed by atoms with Crippen LogP contribution >= 0.6 is 15.9 Å². The zero-order valence-electron chi connectivity index (χ0n) is 10.3. The second kappa shape index (κ2) is 5.69. The Balaban J connectivity index is 1.96. The van der Waals surface area contributed by atoms with Crippen molar-refractivity contribution in [3.8, 4) is 0 Å². The van der Waals surface area contributed by atoms with Crippen molar-refractivity contribution >= 4 is 33.5 Å². The van der Waals surface area contributed by atoms with Gasteiger partial charge in [0.1, 0.15) is 5.82 Å². The van der Waals surface area contributed by atoms with Crippen molar-refractivity contribution in [2.45, 2.75) is 13.3 Å². The number of esters is 1. The molecule has 0 radical (unpaired) electrons. The van der Waals surface area contributed by atoms with Gasteiger partial charge in [-0.2, -0.15) is 0 Å². The smallest absolute Gasteiger partial charge is 0.309 e. The van der Waals surface area contributed by atoms with E-state index in [9.17, 15) is 14.0 Å². The SMILES string of the molecule is CCOC(=O)[C@H]1C[C@@H]1C(=O)Nc1cc(F)ccc1Br. The molecule has 0 bridgehead atoms. The van der Waals surface area contributed by atoms with Crippen LogP contribution in [0.5, 0.6) is 0 Å². The molecule has 0 heterocycles. The number of halogens is 2. The predicted octanol–water partition coefficient (Wildman–Crippen LogP) is 2.73. The molecule has 1 saturated carbocycles. The molecule has 102 valence electrons. The molecule has 4 nitrogen and oxygen atoms in total. The van der Waals surface area contributed by atoms with Crippen LogP contribution in [0.4, 0.5) is 10.1 Å². The van der Waals surface area contributed by atoms with Crippen LogP contribution in [0.15, 0.2) is 22.7 Å². The minimum Gasteiger partial charge on any atom is -0.466 e. The third-order valence-corrected chi connectivity index (χ3v) is 3.59. The largest absolute Gasteiger partial charge is 0.466 e. The molecule has 1 aliphatic rings. The van der Waals surface area contributed by atoms with Gasteiger partial charge in [-0.15, -0.1) is 0 Å². The maximum absolute atomic E-state index is 13.1. The van der Waals surface area contributed by atoms with E-state index < -0.39 is 5.82 Å². The van der Waals surface area contributed by atoms with Crippen LogP contribution in [-0.2, 0) is 14.3 Å². The average Bonchev–Trinajstić information content (AvgIpc) is 3.14. The number of amides is 1. The molecule has 19 heavy (non-hydrogen) atoms. The first-order valence-electron chi connectivity index (χ1n) is 5.95. The number of carbonyl (C=O) groups excluding carboxylic acids is 2. The van der Waals surface area contributed by atoms with Crippen LogP contribution in [0.2, 0.25) is 0 Å². The van der Waals surface area contributed by atoms with Crippen molar-refractivity contribution in [2.75, 3.05) is 11.9 Å². The third-order valence-electron chi connectivity index (χ3n) is 2.90. The predicted molar refractivity (Wildman–Crippen MR) is 71.0 cm³/mol. The normalized spacial score (nSPS) is 20.8. The summed E-state index contributed by atoms with van der Waals surface area (Å²) in [5, 5.41) is 2.61. The third kappa shape index (κ3) is 3.32. The number of hydrogen-bond donors (Lipinski definition) is 1. The average molecular weight is 330 g/mol. The molecule has 0 spiro atoms. The van der Waals surface area contributed by atoms with Gasteiger partial charge in [0, 0.05) is 4.47 Å². The van der Waals surface area contributed by atoms with Gasteiger partial charge in [-0.1, -0.05) is 0 Å². The van der Waals surface area contributed by atoms with E-state index in [2.05, 4.69) is 21.2 Å². The minimum atomic E-state index is -0.434. The van der Waals surface area contributed by atoms with Crippen molar-refractivity contribution in [1.82, 2.24) is 0 Å². The fraction of sp³-hybridized carbons (Fsp3) is 0.385. The summed E-state index contributed by atoms with van der Waals surface area (Å²) < 4.78 is 18.5. The van der Waals surface area contributed by atoms with Crippen molar-refractivity contribution in [3.05, 3.63) is 28.5 Å². The van der Waals surface area contributed by atoms with Crippen molar-refractivity contribution < 1.29 is 18.7 Å². The number of ether oxygens (including phenoxy) is 1. The van der Waals surface area contributed by atoms with Gasteiger partial charge in [0.05, 0.1) is 24.1 Å². The van der Waals surface area contributed by atoms with E-state index in [1.807, 2.05) is 0 Å². The monoisotopic (exact) mass is 329 g/mol. The Morgan fingerprint density at radius 2 is 2.21 bits per heavy atom. The maximum Gasteiger partial charge on any atom is 0.309 e. The van der Waals surface area contributed by atoms with Crippen LogP contribution in [0.3, 0.4) is 0 Å². The van der Waals surface area contributed by atoms with E-state index in [-0.39, 0.29) is 23.7 Å². The highest BCUT2D eigenvalue weighted by molar-refractivity contribution is 9.10. The molecule has 0 aliphatic heterocycles. The lowest BCUT2D eigenvalue weighted by Gasteiger charge is -2.07. The standard InChI is InChI=1S/C13H13BrFNO3/c1-2-19-13(18)9-6-8(9)12(17)16-11-5-7(15)3-4-10(11)14/h3-5,8-9H,2,6H2,1H3,(H,16,17)/t8-,9-/m0/s1. The van der Waals surface area contributed by atoms with Crippen LogP contribution < -0.4 is 5.32 Å². The zero-order chi connectivity index (χ0) is 14.0. The van der Waals surface area contributed by atoms with Gasteiger partial charge in [0.15, 0.2) is 0 Å².